The quantitative estimate of drug-likeness (QED) is 0.436. The van der Waals surface area contributed by atoms with Crippen LogP contribution in [0.1, 0.15) is 23.4 Å². The monoisotopic (exact) mass is 454 g/mol. The van der Waals surface area contributed by atoms with Gasteiger partial charge in [0.1, 0.15) is 5.76 Å². The number of aryl methyl sites for hydroxylation is 1. The van der Waals surface area contributed by atoms with Crippen molar-refractivity contribution in [2.45, 2.75) is 32.0 Å². The molecule has 0 aliphatic heterocycles. The van der Waals surface area contributed by atoms with Gasteiger partial charge in [0.15, 0.2) is 11.6 Å². The highest BCUT2D eigenvalue weighted by atomic mass is 19.4. The highest BCUT2D eigenvalue weighted by Gasteiger charge is 2.36. The number of hydrogen-bond donors (Lipinski definition) is 1. The number of nitrogens with one attached hydrogen (secondary N) is 1. The van der Waals surface area contributed by atoms with E-state index in [0.29, 0.717) is 22.8 Å². The van der Waals surface area contributed by atoms with Gasteiger partial charge < -0.3 is 9.40 Å². The third kappa shape index (κ3) is 4.64. The first-order valence-electron chi connectivity index (χ1n) is 9.47. The molecule has 1 aromatic carbocycles. The van der Waals surface area contributed by atoms with Crippen LogP contribution in [0.2, 0.25) is 0 Å². The fourth-order valence-corrected chi connectivity index (χ4v) is 3.42. The molecule has 0 saturated carbocycles. The molecule has 3 aromatic rings. The number of allylic oxidation sites excluding steroid dienone is 2. The van der Waals surface area contributed by atoms with E-state index in [0.717, 1.165) is 12.1 Å². The van der Waals surface area contributed by atoms with Crippen molar-refractivity contribution >= 4 is 5.57 Å². The number of hydrogen-bond acceptors (Lipinski definition) is 3. The van der Waals surface area contributed by atoms with Crippen molar-refractivity contribution < 1.29 is 35.5 Å². The van der Waals surface area contributed by atoms with E-state index < -0.39 is 24.2 Å². The van der Waals surface area contributed by atoms with E-state index in [2.05, 4.69) is 14.7 Å². The average molecular weight is 454 g/mol. The van der Waals surface area contributed by atoms with Crippen LogP contribution in [0.4, 0.5) is 26.3 Å². The highest BCUT2D eigenvalue weighted by molar-refractivity contribution is 5.71. The third-order valence-electron chi connectivity index (χ3n) is 4.88. The van der Waals surface area contributed by atoms with Gasteiger partial charge in [-0.3, -0.25) is 4.74 Å². The summed E-state index contributed by atoms with van der Waals surface area (Å²) in [4.78, 5) is 7.40. The number of aromatic amines is 1. The minimum atomic E-state index is -4.79. The molecular formula is C22H16F6N2O2. The Labute approximate surface area is 178 Å². The zero-order chi connectivity index (χ0) is 23.1. The summed E-state index contributed by atoms with van der Waals surface area (Å²) in [7, 11) is 0. The molecule has 0 spiro atoms. The normalized spacial score (nSPS) is 17.0. The first kappa shape index (κ1) is 21.9. The minimum Gasteiger partial charge on any atom is -0.453 e. The van der Waals surface area contributed by atoms with E-state index in [-0.39, 0.29) is 23.5 Å². The summed E-state index contributed by atoms with van der Waals surface area (Å²) in [6.07, 6.45) is -5.75. The zero-order valence-corrected chi connectivity index (χ0v) is 16.5. The van der Waals surface area contributed by atoms with Gasteiger partial charge in [-0.1, -0.05) is 30.4 Å². The smallest absolute Gasteiger partial charge is 0.453 e. The van der Waals surface area contributed by atoms with Crippen molar-refractivity contribution in [1.29, 1.82) is 0 Å². The van der Waals surface area contributed by atoms with Crippen molar-refractivity contribution in [2.75, 3.05) is 0 Å². The predicted octanol–water partition coefficient (Wildman–Crippen LogP) is 6.91. The first-order chi connectivity index (χ1) is 15.0. The summed E-state index contributed by atoms with van der Waals surface area (Å²) >= 11 is 0. The van der Waals surface area contributed by atoms with Crippen LogP contribution in [-0.2, 0) is 10.9 Å². The number of ether oxygens (including phenoxy) is 1. The maximum atomic E-state index is 12.8. The van der Waals surface area contributed by atoms with E-state index in [1.54, 1.807) is 25.1 Å². The van der Waals surface area contributed by atoms with E-state index >= 15 is 0 Å². The molecule has 2 aromatic heterocycles. The molecule has 168 valence electrons. The molecule has 1 unspecified atom stereocenters. The molecule has 0 saturated heterocycles. The molecule has 32 heavy (non-hydrogen) atoms. The van der Waals surface area contributed by atoms with Gasteiger partial charge in [-0.2, -0.15) is 13.2 Å². The van der Waals surface area contributed by atoms with E-state index in [9.17, 15) is 26.3 Å². The Morgan fingerprint density at radius 1 is 1.00 bits per heavy atom. The van der Waals surface area contributed by atoms with Gasteiger partial charge in [0.2, 0.25) is 0 Å². The van der Waals surface area contributed by atoms with Gasteiger partial charge in [0.25, 0.3) is 0 Å². The lowest BCUT2D eigenvalue weighted by molar-refractivity contribution is -0.334. The van der Waals surface area contributed by atoms with Crippen LogP contribution in [0, 0.1) is 6.92 Å². The number of halogens is 6. The number of benzene rings is 1. The second kappa shape index (κ2) is 8.01. The van der Waals surface area contributed by atoms with Crippen molar-refractivity contribution in [2.24, 2.45) is 0 Å². The molecule has 1 N–H and O–H groups in total. The molecule has 10 heteroatoms. The van der Waals surface area contributed by atoms with Crippen molar-refractivity contribution in [3.8, 4) is 22.8 Å². The summed E-state index contributed by atoms with van der Waals surface area (Å²) in [5.74, 6) is 0.759. The summed E-state index contributed by atoms with van der Waals surface area (Å²) in [6.45, 7) is 1.70. The fourth-order valence-electron chi connectivity index (χ4n) is 3.42. The lowest BCUT2D eigenvalue weighted by Gasteiger charge is -2.21. The number of rotatable bonds is 4. The Kier molecular flexibility index (Phi) is 5.49. The van der Waals surface area contributed by atoms with Gasteiger partial charge >= 0.3 is 12.5 Å². The number of nitrogens with zero attached hydrogens (tertiary/aromatic N) is 1. The topological polar surface area (TPSA) is 51.0 Å². The largest absolute Gasteiger partial charge is 0.523 e. The Morgan fingerprint density at radius 2 is 1.69 bits per heavy atom. The van der Waals surface area contributed by atoms with Crippen LogP contribution in [0.15, 0.2) is 59.0 Å². The molecule has 4 nitrogen and oxygen atoms in total. The molecule has 1 aliphatic carbocycles. The lowest BCUT2D eigenvalue weighted by Crippen LogP contribution is -2.25. The van der Waals surface area contributed by atoms with Crippen molar-refractivity contribution in [3.63, 3.8) is 0 Å². The second-order valence-corrected chi connectivity index (χ2v) is 7.14. The van der Waals surface area contributed by atoms with E-state index in [1.165, 1.54) is 24.3 Å². The first-order valence-corrected chi connectivity index (χ1v) is 9.47. The van der Waals surface area contributed by atoms with Crippen LogP contribution in [0.3, 0.4) is 0 Å². The predicted molar refractivity (Wildman–Crippen MR) is 104 cm³/mol. The van der Waals surface area contributed by atoms with Gasteiger partial charge in [-0.25, -0.2) is 4.98 Å². The Hall–Kier alpha value is -3.27. The van der Waals surface area contributed by atoms with Gasteiger partial charge in [-0.15, -0.1) is 13.2 Å². The van der Waals surface area contributed by atoms with Gasteiger partial charge in [0, 0.05) is 16.8 Å². The fraction of sp³-hybridized carbons (Fsp3) is 0.227. The standard InChI is InChI=1S/C22H16F6N2O2/c1-12-19(13-6-8-14(9-7-13)21(23,24)25)30-20(29-12)18-11-10-16(31-18)15-4-2-3-5-17(15)32-22(26,27)28/h2-4,6-11,17H,5H2,1H3,(H,29,30). The molecule has 1 aliphatic rings. The summed E-state index contributed by atoms with van der Waals surface area (Å²) < 4.78 is 86.4. The molecule has 2 heterocycles. The molecule has 0 radical (unpaired) electrons. The molecule has 1 atom stereocenters. The number of aromatic nitrogens is 2. The summed E-state index contributed by atoms with van der Waals surface area (Å²) in [6, 6.07) is 7.65. The summed E-state index contributed by atoms with van der Waals surface area (Å²) in [5.41, 5.74) is 0.974. The van der Waals surface area contributed by atoms with Crippen LogP contribution in [0.5, 0.6) is 0 Å². The van der Waals surface area contributed by atoms with E-state index in [4.69, 9.17) is 4.42 Å². The molecule has 4 rings (SSSR count). The van der Waals surface area contributed by atoms with Crippen LogP contribution >= 0.6 is 0 Å². The minimum absolute atomic E-state index is 0.0410. The third-order valence-corrected chi connectivity index (χ3v) is 4.88. The highest BCUT2D eigenvalue weighted by Crippen LogP contribution is 2.35. The van der Waals surface area contributed by atoms with Crippen molar-refractivity contribution in [1.82, 2.24) is 9.97 Å². The SMILES string of the molecule is Cc1[nH]c(-c2ccc(C3=CC=CCC3OC(F)(F)F)o2)nc1-c1ccc(C(F)(F)F)cc1. The second-order valence-electron chi connectivity index (χ2n) is 7.14. The molecule has 0 fully saturated rings. The maximum Gasteiger partial charge on any atom is 0.523 e. The molecule has 0 bridgehead atoms. The zero-order valence-electron chi connectivity index (χ0n) is 16.5. The number of furan rings is 1. The van der Waals surface area contributed by atoms with Crippen LogP contribution in [-0.4, -0.2) is 22.4 Å². The van der Waals surface area contributed by atoms with Crippen LogP contribution in [0.25, 0.3) is 28.4 Å². The van der Waals surface area contributed by atoms with E-state index in [1.807, 2.05) is 0 Å². The maximum absolute atomic E-state index is 12.8. The average Bonchev–Trinajstić information content (AvgIpc) is 3.33. The lowest BCUT2D eigenvalue weighted by atomic mass is 9.99. The Bertz CT molecular complexity index is 1170. The number of alkyl halides is 6. The number of imidazole rings is 1. The van der Waals surface area contributed by atoms with Crippen molar-refractivity contribution in [3.05, 3.63) is 71.6 Å². The molecule has 0 amide bonds. The molecular weight excluding hydrogens is 438 g/mol. The van der Waals surface area contributed by atoms with Crippen LogP contribution < -0.4 is 0 Å². The number of H-pyrrole nitrogens is 1. The Morgan fingerprint density at radius 3 is 2.34 bits per heavy atom. The van der Waals surface area contributed by atoms with Gasteiger partial charge in [-0.05, 0) is 37.6 Å². The summed E-state index contributed by atoms with van der Waals surface area (Å²) in [5, 5.41) is 0. The Balaban J connectivity index is 1.60. The van der Waals surface area contributed by atoms with Gasteiger partial charge in [0.05, 0.1) is 17.4 Å².